The highest BCUT2D eigenvalue weighted by molar-refractivity contribution is 8.01. The van der Waals surface area contributed by atoms with Gasteiger partial charge in [0.15, 0.2) is 10.1 Å². The molecule has 8 rings (SSSR count). The molecule has 4 aliphatic rings. The second kappa shape index (κ2) is 10.2. The summed E-state index contributed by atoms with van der Waals surface area (Å²) in [6.07, 6.45) is 7.69. The number of benzene rings is 2. The number of aliphatic hydroxyl groups is 2. The number of hydrogen-bond donors (Lipinski definition) is 3. The van der Waals surface area contributed by atoms with Gasteiger partial charge in [-0.1, -0.05) is 31.2 Å². The highest BCUT2D eigenvalue weighted by Crippen LogP contribution is 2.67. The molecule has 234 valence electrons. The number of thioether (sulfide) groups is 1. The van der Waals surface area contributed by atoms with Gasteiger partial charge in [-0.2, -0.15) is 5.10 Å². The van der Waals surface area contributed by atoms with Crippen LogP contribution >= 0.6 is 23.1 Å². The van der Waals surface area contributed by atoms with Crippen molar-refractivity contribution >= 4 is 50.9 Å². The van der Waals surface area contributed by atoms with Crippen molar-refractivity contribution in [2.45, 2.75) is 68.4 Å². The molecule has 0 radical (unpaired) electrons. The van der Waals surface area contributed by atoms with Gasteiger partial charge in [0.1, 0.15) is 11.4 Å². The maximum Gasteiger partial charge on any atom is 0.175 e. The van der Waals surface area contributed by atoms with Crippen LogP contribution in [0.2, 0.25) is 0 Å². The highest BCUT2D eigenvalue weighted by atomic mass is 32.2. The Morgan fingerprint density at radius 1 is 1.20 bits per heavy atom. The molecule has 4 aliphatic carbocycles. The molecule has 5 unspecified atom stereocenters. The summed E-state index contributed by atoms with van der Waals surface area (Å²) < 4.78 is 17.2. The smallest absolute Gasteiger partial charge is 0.175 e. The lowest BCUT2D eigenvalue weighted by Crippen LogP contribution is -2.62. The standard InChI is InChI=1S/C35H37FN4O3S2/c1-33-15-19-17-38-40(23-7-4-21(36)5-8-23)27(19)13-20(33)3-9-24-25-11-12-35(43,34(25,2)16-28(41)31(24)33)30(42)18-44-32-39-26-10-6-22(37)14-29(26)45-32/h4-8,10,13-14,17,24-25,28,31,41,43H,3,9,11-12,15-16,18,37H2,1-2H3/t24?,25?,28-,31?,33?,34?,35-/m0/s1. The maximum absolute atomic E-state index is 13.9. The Morgan fingerprint density at radius 2 is 2.00 bits per heavy atom. The molecule has 4 aromatic rings. The first kappa shape index (κ1) is 29.4. The number of halogens is 1. The van der Waals surface area contributed by atoms with Gasteiger partial charge in [0.05, 0.1) is 39.7 Å². The number of hydrogen-bond acceptors (Lipinski definition) is 8. The molecule has 3 fully saturated rings. The second-order valence-corrected chi connectivity index (χ2v) is 16.3. The molecule has 45 heavy (non-hydrogen) atoms. The monoisotopic (exact) mass is 644 g/mol. The number of Topliss-reactive ketones (excluding diaryl/α,β-unsaturated/α-hetero) is 1. The molecule has 10 heteroatoms. The normalized spacial score (nSPS) is 33.7. The summed E-state index contributed by atoms with van der Waals surface area (Å²) in [5.74, 6) is 0.0838. The molecule has 2 heterocycles. The maximum atomic E-state index is 13.9. The van der Waals surface area contributed by atoms with E-state index in [4.69, 9.17) is 5.73 Å². The van der Waals surface area contributed by atoms with Crippen molar-refractivity contribution in [3.63, 3.8) is 0 Å². The number of carbonyl (C=O) groups excluding carboxylic acids is 1. The minimum absolute atomic E-state index is 0.0277. The van der Waals surface area contributed by atoms with Crippen molar-refractivity contribution < 1.29 is 19.4 Å². The van der Waals surface area contributed by atoms with Gasteiger partial charge in [-0.25, -0.2) is 14.1 Å². The van der Waals surface area contributed by atoms with Crippen LogP contribution < -0.4 is 5.73 Å². The van der Waals surface area contributed by atoms with Gasteiger partial charge in [-0.3, -0.25) is 4.79 Å². The number of thiazole rings is 1. The van der Waals surface area contributed by atoms with Crippen LogP contribution in [-0.4, -0.2) is 48.2 Å². The first-order valence-corrected chi connectivity index (χ1v) is 17.6. The van der Waals surface area contributed by atoms with E-state index in [9.17, 15) is 19.4 Å². The molecule has 0 aliphatic heterocycles. The van der Waals surface area contributed by atoms with Crippen LogP contribution in [0.25, 0.3) is 22.0 Å². The number of anilines is 1. The first-order valence-electron chi connectivity index (χ1n) is 15.8. The van der Waals surface area contributed by atoms with E-state index in [1.54, 1.807) is 12.1 Å². The number of nitrogens with zero attached hydrogens (tertiary/aromatic N) is 3. The Bertz CT molecular complexity index is 1870. The van der Waals surface area contributed by atoms with Crippen LogP contribution in [0.15, 0.2) is 58.6 Å². The van der Waals surface area contributed by atoms with Gasteiger partial charge in [-0.15, -0.1) is 11.3 Å². The first-order chi connectivity index (χ1) is 21.5. The molecule has 0 spiro atoms. The number of rotatable bonds is 5. The van der Waals surface area contributed by atoms with Crippen LogP contribution in [-0.2, 0) is 11.2 Å². The van der Waals surface area contributed by atoms with Gasteiger partial charge in [0, 0.05) is 11.1 Å². The van der Waals surface area contributed by atoms with Crippen LogP contribution in [0.4, 0.5) is 10.1 Å². The SMILES string of the molecule is CC12Cc3cnn(-c4ccc(F)cc4)c3C=C1CCC1C2[C@@H](O)CC2(C)C1CC[C@]2(O)C(=O)CSc1nc2ccc(N)cc2s1. The summed E-state index contributed by atoms with van der Waals surface area (Å²) in [6.45, 7) is 4.33. The fourth-order valence-corrected chi connectivity index (χ4v) is 11.7. The third-order valence-electron chi connectivity index (χ3n) is 11.8. The molecule has 0 bridgehead atoms. The number of carbonyl (C=O) groups is 1. The van der Waals surface area contributed by atoms with Crippen molar-refractivity contribution in [1.29, 1.82) is 0 Å². The molecule has 7 atom stereocenters. The molecular weight excluding hydrogens is 608 g/mol. The minimum Gasteiger partial charge on any atom is -0.399 e. The van der Waals surface area contributed by atoms with Crippen molar-refractivity contribution in [2.75, 3.05) is 11.5 Å². The van der Waals surface area contributed by atoms with Crippen LogP contribution in [0, 0.1) is 34.4 Å². The minimum atomic E-state index is -1.48. The summed E-state index contributed by atoms with van der Waals surface area (Å²) >= 11 is 2.89. The average molecular weight is 645 g/mol. The average Bonchev–Trinajstić information content (AvgIpc) is 3.68. The number of fused-ring (bicyclic) bond motifs is 7. The Kier molecular flexibility index (Phi) is 6.67. The van der Waals surface area contributed by atoms with E-state index in [0.29, 0.717) is 18.5 Å². The number of aromatic nitrogens is 3. The summed E-state index contributed by atoms with van der Waals surface area (Å²) in [5.41, 5.74) is 9.33. The van der Waals surface area contributed by atoms with E-state index in [1.807, 2.05) is 36.0 Å². The quantitative estimate of drug-likeness (QED) is 0.169. The summed E-state index contributed by atoms with van der Waals surface area (Å²) in [7, 11) is 0. The Hall–Kier alpha value is -3.05. The molecule has 0 amide bonds. The van der Waals surface area contributed by atoms with Crippen molar-refractivity contribution in [2.24, 2.45) is 28.6 Å². The largest absolute Gasteiger partial charge is 0.399 e. The fourth-order valence-electron chi connectivity index (χ4n) is 9.66. The molecule has 3 saturated carbocycles. The van der Waals surface area contributed by atoms with Gasteiger partial charge >= 0.3 is 0 Å². The number of aliphatic hydroxyl groups excluding tert-OH is 1. The van der Waals surface area contributed by atoms with Gasteiger partial charge < -0.3 is 15.9 Å². The summed E-state index contributed by atoms with van der Waals surface area (Å²) in [6, 6.07) is 12.0. The molecule has 2 aromatic carbocycles. The van der Waals surface area contributed by atoms with E-state index in [2.05, 4.69) is 23.1 Å². The lowest BCUT2D eigenvalue weighted by Gasteiger charge is -2.60. The summed E-state index contributed by atoms with van der Waals surface area (Å²) in [5, 5.41) is 28.8. The summed E-state index contributed by atoms with van der Waals surface area (Å²) in [4.78, 5) is 18.5. The zero-order chi connectivity index (χ0) is 31.3. The molecule has 4 N–H and O–H groups in total. The fraction of sp³-hybridized carbons (Fsp3) is 0.457. The van der Waals surface area contributed by atoms with E-state index >= 15 is 0 Å². The zero-order valence-corrected chi connectivity index (χ0v) is 27.0. The number of nitrogens with two attached hydrogens (primary N) is 1. The van der Waals surface area contributed by atoms with Gasteiger partial charge in [0.2, 0.25) is 0 Å². The predicted octanol–water partition coefficient (Wildman–Crippen LogP) is 6.45. The zero-order valence-electron chi connectivity index (χ0n) is 25.4. The van der Waals surface area contributed by atoms with Crippen LogP contribution in [0.5, 0.6) is 0 Å². The van der Waals surface area contributed by atoms with Gasteiger partial charge in [0.25, 0.3) is 0 Å². The van der Waals surface area contributed by atoms with Crippen molar-refractivity contribution in [3.8, 4) is 5.69 Å². The molecule has 7 nitrogen and oxygen atoms in total. The molecule has 0 saturated heterocycles. The van der Waals surface area contributed by atoms with Crippen LogP contribution in [0.1, 0.15) is 57.2 Å². The highest BCUT2D eigenvalue weighted by Gasteiger charge is 2.68. The van der Waals surface area contributed by atoms with E-state index in [0.717, 1.165) is 57.2 Å². The second-order valence-electron chi connectivity index (χ2n) is 14.0. The Labute approximate surface area is 269 Å². The lowest BCUT2D eigenvalue weighted by molar-refractivity contribution is -0.177. The number of ketones is 1. The lowest BCUT2D eigenvalue weighted by atomic mass is 9.45. The van der Waals surface area contributed by atoms with Crippen molar-refractivity contribution in [3.05, 3.63) is 71.3 Å². The van der Waals surface area contributed by atoms with E-state index in [-0.39, 0.29) is 40.5 Å². The van der Waals surface area contributed by atoms with Crippen LogP contribution in [0.3, 0.4) is 0 Å². The van der Waals surface area contributed by atoms with Crippen molar-refractivity contribution in [1.82, 2.24) is 14.8 Å². The Balaban J connectivity index is 1.04. The third-order valence-corrected chi connectivity index (χ3v) is 14.0. The molecular formula is C35H37FN4O3S2. The van der Waals surface area contributed by atoms with E-state index in [1.165, 1.54) is 40.8 Å². The van der Waals surface area contributed by atoms with E-state index < -0.39 is 17.1 Å². The van der Waals surface area contributed by atoms with Gasteiger partial charge in [-0.05, 0) is 116 Å². The molecule has 2 aromatic heterocycles. The third kappa shape index (κ3) is 4.32. The predicted molar refractivity (Wildman–Crippen MR) is 176 cm³/mol. The Morgan fingerprint density at radius 3 is 2.80 bits per heavy atom. The number of nitrogen functional groups attached to an aromatic ring is 1. The number of allylic oxidation sites excluding steroid dienone is 1. The topological polar surface area (TPSA) is 114 Å².